The number of rotatable bonds is 4. The zero-order valence-electron chi connectivity index (χ0n) is 10.1. The molecule has 1 fully saturated rings. The SMILES string of the molecule is CCC1CCC(C(=O)N(C)CC(=O)O)CC1. The summed E-state index contributed by atoms with van der Waals surface area (Å²) < 4.78 is 0. The van der Waals surface area contributed by atoms with Gasteiger partial charge in [0.15, 0.2) is 0 Å². The lowest BCUT2D eigenvalue weighted by molar-refractivity contribution is -0.145. The van der Waals surface area contributed by atoms with Gasteiger partial charge in [0, 0.05) is 13.0 Å². The lowest BCUT2D eigenvalue weighted by Crippen LogP contribution is -2.38. The third-order valence-corrected chi connectivity index (χ3v) is 3.52. The number of likely N-dealkylation sites (N-methyl/N-ethyl adjacent to an activating group) is 1. The molecule has 0 heterocycles. The van der Waals surface area contributed by atoms with E-state index in [9.17, 15) is 9.59 Å². The van der Waals surface area contributed by atoms with E-state index in [0.29, 0.717) is 0 Å². The highest BCUT2D eigenvalue weighted by molar-refractivity contribution is 5.82. The summed E-state index contributed by atoms with van der Waals surface area (Å²) in [5.74, 6) is -0.143. The van der Waals surface area contributed by atoms with Crippen LogP contribution in [-0.4, -0.2) is 35.5 Å². The minimum absolute atomic E-state index is 0.00282. The van der Waals surface area contributed by atoms with Crippen molar-refractivity contribution < 1.29 is 14.7 Å². The van der Waals surface area contributed by atoms with Crippen LogP contribution in [0.1, 0.15) is 39.0 Å². The largest absolute Gasteiger partial charge is 0.480 e. The number of carbonyl (C=O) groups excluding carboxylic acids is 1. The first-order valence-corrected chi connectivity index (χ1v) is 6.01. The first-order chi connectivity index (χ1) is 7.54. The molecule has 0 atom stereocenters. The van der Waals surface area contributed by atoms with Crippen LogP contribution in [0.15, 0.2) is 0 Å². The molecule has 1 amide bonds. The van der Waals surface area contributed by atoms with Gasteiger partial charge in [-0.15, -0.1) is 0 Å². The molecule has 0 bridgehead atoms. The van der Waals surface area contributed by atoms with Gasteiger partial charge in [-0.05, 0) is 31.6 Å². The van der Waals surface area contributed by atoms with Crippen LogP contribution in [0, 0.1) is 11.8 Å². The summed E-state index contributed by atoms with van der Waals surface area (Å²) in [6, 6.07) is 0. The van der Waals surface area contributed by atoms with Gasteiger partial charge in [-0.1, -0.05) is 13.3 Å². The fourth-order valence-corrected chi connectivity index (χ4v) is 2.41. The van der Waals surface area contributed by atoms with Gasteiger partial charge in [-0.25, -0.2) is 0 Å². The smallest absolute Gasteiger partial charge is 0.323 e. The summed E-state index contributed by atoms with van der Waals surface area (Å²) >= 11 is 0. The van der Waals surface area contributed by atoms with Crippen molar-refractivity contribution in [2.75, 3.05) is 13.6 Å². The Morgan fingerprint density at radius 1 is 1.25 bits per heavy atom. The maximum atomic E-state index is 11.9. The maximum Gasteiger partial charge on any atom is 0.323 e. The van der Waals surface area contributed by atoms with Crippen LogP contribution in [0.4, 0.5) is 0 Å². The molecule has 0 aliphatic heterocycles. The summed E-state index contributed by atoms with van der Waals surface area (Å²) in [7, 11) is 1.57. The Morgan fingerprint density at radius 3 is 2.25 bits per heavy atom. The van der Waals surface area contributed by atoms with Crippen molar-refractivity contribution in [1.29, 1.82) is 0 Å². The molecule has 1 N–H and O–H groups in total. The average Bonchev–Trinajstić information content (AvgIpc) is 2.27. The molecule has 0 saturated heterocycles. The van der Waals surface area contributed by atoms with E-state index in [1.54, 1.807) is 7.05 Å². The summed E-state index contributed by atoms with van der Waals surface area (Å²) in [4.78, 5) is 23.7. The normalized spacial score (nSPS) is 25.1. The zero-order chi connectivity index (χ0) is 12.1. The Kier molecular flexibility index (Phi) is 4.77. The second-order valence-electron chi connectivity index (χ2n) is 4.71. The third-order valence-electron chi connectivity index (χ3n) is 3.52. The van der Waals surface area contributed by atoms with Crippen molar-refractivity contribution in [3.63, 3.8) is 0 Å². The van der Waals surface area contributed by atoms with Gasteiger partial charge in [0.25, 0.3) is 0 Å². The molecule has 92 valence electrons. The fourth-order valence-electron chi connectivity index (χ4n) is 2.41. The molecule has 0 radical (unpaired) electrons. The Morgan fingerprint density at radius 2 is 1.81 bits per heavy atom. The van der Waals surface area contributed by atoms with E-state index in [4.69, 9.17) is 5.11 Å². The lowest BCUT2D eigenvalue weighted by Gasteiger charge is -2.29. The van der Waals surface area contributed by atoms with Gasteiger partial charge < -0.3 is 10.0 Å². The Balaban J connectivity index is 2.40. The Bertz CT molecular complexity index is 257. The lowest BCUT2D eigenvalue weighted by atomic mass is 9.80. The number of carbonyl (C=O) groups is 2. The number of amides is 1. The number of carboxylic acids is 1. The topological polar surface area (TPSA) is 57.6 Å². The Hall–Kier alpha value is -1.06. The maximum absolute atomic E-state index is 11.9. The predicted octanol–water partition coefficient (Wildman–Crippen LogP) is 1.75. The first kappa shape index (κ1) is 13.0. The number of hydrogen-bond donors (Lipinski definition) is 1. The number of aliphatic carboxylic acids is 1. The molecule has 1 aliphatic rings. The molecule has 1 aliphatic carbocycles. The van der Waals surface area contributed by atoms with Crippen LogP contribution in [-0.2, 0) is 9.59 Å². The van der Waals surface area contributed by atoms with Crippen molar-refractivity contribution >= 4 is 11.9 Å². The van der Waals surface area contributed by atoms with E-state index in [-0.39, 0.29) is 18.4 Å². The Labute approximate surface area is 96.6 Å². The first-order valence-electron chi connectivity index (χ1n) is 6.01. The molecule has 4 nitrogen and oxygen atoms in total. The van der Waals surface area contributed by atoms with Gasteiger partial charge in [0.05, 0.1) is 0 Å². The van der Waals surface area contributed by atoms with E-state index in [1.165, 1.54) is 11.3 Å². The van der Waals surface area contributed by atoms with E-state index < -0.39 is 5.97 Å². The van der Waals surface area contributed by atoms with E-state index >= 15 is 0 Å². The number of hydrogen-bond acceptors (Lipinski definition) is 2. The second-order valence-corrected chi connectivity index (χ2v) is 4.71. The van der Waals surface area contributed by atoms with Crippen molar-refractivity contribution in [1.82, 2.24) is 4.90 Å². The van der Waals surface area contributed by atoms with Gasteiger partial charge in [-0.2, -0.15) is 0 Å². The molecule has 16 heavy (non-hydrogen) atoms. The fraction of sp³-hybridized carbons (Fsp3) is 0.833. The second kappa shape index (κ2) is 5.87. The minimum Gasteiger partial charge on any atom is -0.480 e. The van der Waals surface area contributed by atoms with Crippen molar-refractivity contribution in [3.8, 4) is 0 Å². The van der Waals surface area contributed by atoms with Crippen LogP contribution in [0.5, 0.6) is 0 Å². The number of nitrogens with zero attached hydrogens (tertiary/aromatic N) is 1. The van der Waals surface area contributed by atoms with Crippen LogP contribution in [0.3, 0.4) is 0 Å². The van der Waals surface area contributed by atoms with Crippen LogP contribution < -0.4 is 0 Å². The van der Waals surface area contributed by atoms with Crippen molar-refractivity contribution in [2.24, 2.45) is 11.8 Å². The molecule has 4 heteroatoms. The van der Waals surface area contributed by atoms with Crippen LogP contribution in [0.2, 0.25) is 0 Å². The summed E-state index contributed by atoms with van der Waals surface area (Å²) in [6.45, 7) is 2.00. The quantitative estimate of drug-likeness (QED) is 0.796. The van der Waals surface area contributed by atoms with E-state index in [1.807, 2.05) is 0 Å². The number of carboxylic acid groups (broad SMARTS) is 1. The molecule has 0 unspecified atom stereocenters. The zero-order valence-corrected chi connectivity index (χ0v) is 10.1. The van der Waals surface area contributed by atoms with Crippen LogP contribution >= 0.6 is 0 Å². The van der Waals surface area contributed by atoms with Gasteiger partial charge >= 0.3 is 5.97 Å². The standard InChI is InChI=1S/C12H21NO3/c1-3-9-4-6-10(7-5-9)12(16)13(2)8-11(14)15/h9-10H,3-8H2,1-2H3,(H,14,15). The molecular weight excluding hydrogens is 206 g/mol. The average molecular weight is 227 g/mol. The highest BCUT2D eigenvalue weighted by atomic mass is 16.4. The van der Waals surface area contributed by atoms with Gasteiger partial charge in [0.1, 0.15) is 6.54 Å². The summed E-state index contributed by atoms with van der Waals surface area (Å²) in [5.41, 5.74) is 0. The monoisotopic (exact) mass is 227 g/mol. The molecule has 1 saturated carbocycles. The van der Waals surface area contributed by atoms with Gasteiger partial charge in [-0.3, -0.25) is 9.59 Å². The molecule has 0 aromatic carbocycles. The highest BCUT2D eigenvalue weighted by Crippen LogP contribution is 2.31. The summed E-state index contributed by atoms with van der Waals surface area (Å²) in [5, 5.41) is 8.62. The van der Waals surface area contributed by atoms with Gasteiger partial charge in [0.2, 0.25) is 5.91 Å². The molecule has 0 aromatic heterocycles. The summed E-state index contributed by atoms with van der Waals surface area (Å²) in [6.07, 6.45) is 5.23. The predicted molar refractivity (Wildman–Crippen MR) is 61.0 cm³/mol. The highest BCUT2D eigenvalue weighted by Gasteiger charge is 2.27. The van der Waals surface area contributed by atoms with Crippen molar-refractivity contribution in [3.05, 3.63) is 0 Å². The van der Waals surface area contributed by atoms with Crippen LogP contribution in [0.25, 0.3) is 0 Å². The third kappa shape index (κ3) is 3.51. The molecule has 0 spiro atoms. The minimum atomic E-state index is -0.946. The van der Waals surface area contributed by atoms with Crippen molar-refractivity contribution in [2.45, 2.75) is 39.0 Å². The van der Waals surface area contributed by atoms with E-state index in [0.717, 1.165) is 31.6 Å². The molecular formula is C12H21NO3. The molecule has 1 rings (SSSR count). The molecule has 0 aromatic rings. The van der Waals surface area contributed by atoms with E-state index in [2.05, 4.69) is 6.92 Å².